The van der Waals surface area contributed by atoms with E-state index in [0.29, 0.717) is 16.5 Å². The molecule has 1 heterocycles. The van der Waals surface area contributed by atoms with Gasteiger partial charge in [0.15, 0.2) is 0 Å². The molecule has 0 radical (unpaired) electrons. The third-order valence-electron chi connectivity index (χ3n) is 2.81. The van der Waals surface area contributed by atoms with Crippen LogP contribution in [0.2, 0.25) is 0 Å². The van der Waals surface area contributed by atoms with Crippen molar-refractivity contribution < 1.29 is 9.53 Å². The molecule has 6 heteroatoms. The number of thiazole rings is 1. The summed E-state index contributed by atoms with van der Waals surface area (Å²) in [7, 11) is 0. The predicted molar refractivity (Wildman–Crippen MR) is 90.7 cm³/mol. The molecule has 3 rings (SSSR count). The molecule has 0 saturated heterocycles. The molecule has 2 aromatic carbocycles. The number of carbonyl (C=O) groups is 1. The van der Waals surface area contributed by atoms with E-state index in [1.165, 1.54) is 11.3 Å². The maximum absolute atomic E-state index is 12.2. The number of nitrogens with zero attached hydrogens (tertiary/aromatic N) is 1. The van der Waals surface area contributed by atoms with E-state index in [2.05, 4.69) is 26.2 Å². The number of aromatic nitrogens is 1. The topological polar surface area (TPSA) is 51.2 Å². The minimum Gasteiger partial charge on any atom is -0.431 e. The van der Waals surface area contributed by atoms with Gasteiger partial charge < -0.3 is 10.1 Å². The van der Waals surface area contributed by atoms with E-state index in [0.717, 1.165) is 10.2 Å². The molecule has 0 aliphatic heterocycles. The van der Waals surface area contributed by atoms with Crippen molar-refractivity contribution >= 4 is 38.9 Å². The fraction of sp³-hybridized carbons (Fsp3) is 0. The first-order valence-electron chi connectivity index (χ1n) is 6.45. The average Bonchev–Trinajstić information content (AvgIpc) is 3.01. The number of amides is 1. The van der Waals surface area contributed by atoms with Gasteiger partial charge in [-0.1, -0.05) is 33.3 Å². The molecule has 110 valence electrons. The minimum absolute atomic E-state index is 0.168. The fourth-order valence-electron chi connectivity index (χ4n) is 1.81. The Morgan fingerprint density at radius 2 is 2.00 bits per heavy atom. The lowest BCUT2D eigenvalue weighted by molar-refractivity contribution is 0.102. The van der Waals surface area contributed by atoms with Crippen LogP contribution in [0.1, 0.15) is 10.4 Å². The fourth-order valence-corrected chi connectivity index (χ4v) is 2.71. The van der Waals surface area contributed by atoms with Crippen molar-refractivity contribution in [2.24, 2.45) is 0 Å². The summed E-state index contributed by atoms with van der Waals surface area (Å²) in [4.78, 5) is 16.2. The van der Waals surface area contributed by atoms with Crippen molar-refractivity contribution in [2.45, 2.75) is 0 Å². The summed E-state index contributed by atoms with van der Waals surface area (Å²) in [5.74, 6) is 0.479. The lowest BCUT2D eigenvalue weighted by Crippen LogP contribution is -2.11. The Labute approximate surface area is 139 Å². The van der Waals surface area contributed by atoms with Gasteiger partial charge in [0.2, 0.25) is 0 Å². The van der Waals surface area contributed by atoms with Gasteiger partial charge in [0.1, 0.15) is 5.75 Å². The number of rotatable bonds is 4. The molecular weight excluding hydrogens is 364 g/mol. The van der Waals surface area contributed by atoms with Crippen LogP contribution in [0, 0.1) is 0 Å². The van der Waals surface area contributed by atoms with E-state index in [-0.39, 0.29) is 5.91 Å². The summed E-state index contributed by atoms with van der Waals surface area (Å²) in [6.07, 6.45) is 1.68. The standard InChI is InChI=1S/C16H11BrN2O2S/c17-12-2-1-3-13(10-12)19-15(20)11-4-6-14(7-5-11)21-16-18-8-9-22-16/h1-10H,(H,19,20). The number of carbonyl (C=O) groups excluding carboxylic acids is 1. The SMILES string of the molecule is O=C(Nc1cccc(Br)c1)c1ccc(Oc2nccs2)cc1. The maximum atomic E-state index is 12.2. The van der Waals surface area contributed by atoms with E-state index in [4.69, 9.17) is 4.74 Å². The van der Waals surface area contributed by atoms with E-state index in [9.17, 15) is 4.79 Å². The minimum atomic E-state index is -0.168. The van der Waals surface area contributed by atoms with Gasteiger partial charge in [-0.3, -0.25) is 4.79 Å². The highest BCUT2D eigenvalue weighted by molar-refractivity contribution is 9.10. The van der Waals surface area contributed by atoms with Crippen LogP contribution in [0.3, 0.4) is 0 Å². The zero-order chi connectivity index (χ0) is 15.4. The second-order valence-electron chi connectivity index (χ2n) is 4.39. The van der Waals surface area contributed by atoms with Gasteiger partial charge in [-0.05, 0) is 42.5 Å². The van der Waals surface area contributed by atoms with Gasteiger partial charge in [0.05, 0.1) is 0 Å². The number of hydrogen-bond donors (Lipinski definition) is 1. The Morgan fingerprint density at radius 3 is 2.68 bits per heavy atom. The lowest BCUT2D eigenvalue weighted by Gasteiger charge is -2.06. The summed E-state index contributed by atoms with van der Waals surface area (Å²) in [5.41, 5.74) is 1.30. The third kappa shape index (κ3) is 3.72. The Hall–Kier alpha value is -2.18. The second kappa shape index (κ2) is 6.72. The van der Waals surface area contributed by atoms with Gasteiger partial charge in [-0.25, -0.2) is 4.98 Å². The molecular formula is C16H11BrN2O2S. The summed E-state index contributed by atoms with van der Waals surface area (Å²) in [6.45, 7) is 0. The zero-order valence-corrected chi connectivity index (χ0v) is 13.7. The monoisotopic (exact) mass is 374 g/mol. The van der Waals surface area contributed by atoms with Gasteiger partial charge in [0, 0.05) is 27.3 Å². The molecule has 1 aromatic heterocycles. The van der Waals surface area contributed by atoms with Crippen molar-refractivity contribution in [1.82, 2.24) is 4.98 Å². The number of nitrogens with one attached hydrogen (secondary N) is 1. The molecule has 0 atom stereocenters. The van der Waals surface area contributed by atoms with Gasteiger partial charge in [0.25, 0.3) is 11.1 Å². The largest absolute Gasteiger partial charge is 0.431 e. The molecule has 1 amide bonds. The average molecular weight is 375 g/mol. The van der Waals surface area contributed by atoms with Crippen molar-refractivity contribution in [3.05, 3.63) is 70.1 Å². The molecule has 0 aliphatic rings. The molecule has 0 unspecified atom stereocenters. The van der Waals surface area contributed by atoms with Crippen molar-refractivity contribution in [1.29, 1.82) is 0 Å². The predicted octanol–water partition coefficient (Wildman–Crippen LogP) is 4.95. The quantitative estimate of drug-likeness (QED) is 0.702. The van der Waals surface area contributed by atoms with Crippen LogP contribution in [0.4, 0.5) is 5.69 Å². The second-order valence-corrected chi connectivity index (χ2v) is 6.16. The van der Waals surface area contributed by atoms with Crippen molar-refractivity contribution in [3.63, 3.8) is 0 Å². The lowest BCUT2D eigenvalue weighted by atomic mass is 10.2. The molecule has 0 fully saturated rings. The normalized spacial score (nSPS) is 10.2. The van der Waals surface area contributed by atoms with Crippen LogP contribution >= 0.6 is 27.3 Å². The number of ether oxygens (including phenoxy) is 1. The summed E-state index contributed by atoms with van der Waals surface area (Å²) in [6, 6.07) is 14.4. The van der Waals surface area contributed by atoms with Crippen LogP contribution in [0.15, 0.2) is 64.6 Å². The first-order valence-corrected chi connectivity index (χ1v) is 8.12. The van der Waals surface area contributed by atoms with E-state index in [1.54, 1.807) is 30.5 Å². The zero-order valence-electron chi connectivity index (χ0n) is 11.3. The summed E-state index contributed by atoms with van der Waals surface area (Å²) >= 11 is 4.79. The maximum Gasteiger partial charge on any atom is 0.278 e. The molecule has 22 heavy (non-hydrogen) atoms. The van der Waals surface area contributed by atoms with Crippen LogP contribution in [0.25, 0.3) is 0 Å². The van der Waals surface area contributed by atoms with Crippen LogP contribution in [-0.4, -0.2) is 10.9 Å². The van der Waals surface area contributed by atoms with Gasteiger partial charge >= 0.3 is 0 Å². The van der Waals surface area contributed by atoms with Crippen LogP contribution in [0.5, 0.6) is 10.9 Å². The number of benzene rings is 2. The molecule has 4 nitrogen and oxygen atoms in total. The third-order valence-corrected chi connectivity index (χ3v) is 3.96. The van der Waals surface area contributed by atoms with E-state index in [1.807, 2.05) is 29.6 Å². The van der Waals surface area contributed by atoms with Gasteiger partial charge in [-0.2, -0.15) is 0 Å². The summed E-state index contributed by atoms with van der Waals surface area (Å²) < 4.78 is 6.47. The number of anilines is 1. The van der Waals surface area contributed by atoms with Crippen molar-refractivity contribution in [2.75, 3.05) is 5.32 Å². The highest BCUT2D eigenvalue weighted by atomic mass is 79.9. The molecule has 0 saturated carbocycles. The smallest absolute Gasteiger partial charge is 0.278 e. The Balaban J connectivity index is 1.68. The van der Waals surface area contributed by atoms with Crippen LogP contribution < -0.4 is 10.1 Å². The Bertz CT molecular complexity index is 773. The Morgan fingerprint density at radius 1 is 1.18 bits per heavy atom. The first kappa shape index (κ1) is 14.7. The first-order chi connectivity index (χ1) is 10.7. The molecule has 0 aliphatic carbocycles. The highest BCUT2D eigenvalue weighted by Gasteiger charge is 2.07. The van der Waals surface area contributed by atoms with Crippen molar-refractivity contribution in [3.8, 4) is 10.9 Å². The number of hydrogen-bond acceptors (Lipinski definition) is 4. The summed E-state index contributed by atoms with van der Waals surface area (Å²) in [5, 5.41) is 5.26. The molecule has 0 spiro atoms. The van der Waals surface area contributed by atoms with E-state index < -0.39 is 0 Å². The van der Waals surface area contributed by atoms with E-state index >= 15 is 0 Å². The van der Waals surface area contributed by atoms with Crippen LogP contribution in [-0.2, 0) is 0 Å². The molecule has 0 bridgehead atoms. The number of halogens is 1. The van der Waals surface area contributed by atoms with Gasteiger partial charge in [-0.15, -0.1) is 0 Å². The highest BCUT2D eigenvalue weighted by Crippen LogP contribution is 2.23. The Kier molecular flexibility index (Phi) is 4.50. The molecule has 3 aromatic rings. The molecule has 1 N–H and O–H groups in total.